The number of carboxylic acids is 1. The molecule has 1 heterocycles. The Hall–Kier alpha value is -2.38. The van der Waals surface area contributed by atoms with E-state index in [0.29, 0.717) is 0 Å². The van der Waals surface area contributed by atoms with E-state index in [0.717, 1.165) is 6.07 Å². The van der Waals surface area contributed by atoms with Gasteiger partial charge in [-0.2, -0.15) is 13.2 Å². The van der Waals surface area contributed by atoms with Crippen molar-refractivity contribution in [2.75, 3.05) is 0 Å². The predicted molar refractivity (Wildman–Crippen MR) is 58.6 cm³/mol. The van der Waals surface area contributed by atoms with Crippen molar-refractivity contribution < 1.29 is 31.9 Å². The Labute approximate surface area is 109 Å². The number of halogens is 4. The fourth-order valence-corrected chi connectivity index (χ4v) is 1.51. The summed E-state index contributed by atoms with van der Waals surface area (Å²) in [6, 6.07) is 3.53. The molecule has 0 radical (unpaired) electrons. The predicted octanol–water partition coefficient (Wildman–Crippen LogP) is 3.51. The van der Waals surface area contributed by atoms with E-state index in [-0.39, 0.29) is 11.1 Å². The van der Waals surface area contributed by atoms with Gasteiger partial charge in [-0.1, -0.05) is 6.07 Å². The van der Waals surface area contributed by atoms with Crippen LogP contribution in [0, 0.1) is 12.7 Å². The molecule has 0 saturated heterocycles. The Kier molecular flexibility index (Phi) is 3.24. The SMILES string of the molecule is Cc1ccc(-c2nc(C(F)(F)F)c(C(=O)O)o2)cc1F. The van der Waals surface area contributed by atoms with Gasteiger partial charge >= 0.3 is 12.1 Å². The number of aromatic carboxylic acids is 1. The first-order chi connectivity index (χ1) is 9.20. The maximum absolute atomic E-state index is 13.4. The van der Waals surface area contributed by atoms with Crippen LogP contribution in [0.25, 0.3) is 11.5 Å². The lowest BCUT2D eigenvalue weighted by Gasteiger charge is -2.01. The van der Waals surface area contributed by atoms with Crippen LogP contribution in [-0.4, -0.2) is 16.1 Å². The summed E-state index contributed by atoms with van der Waals surface area (Å²) in [4.78, 5) is 13.8. The number of nitrogens with zero attached hydrogens (tertiary/aromatic N) is 1. The summed E-state index contributed by atoms with van der Waals surface area (Å²) in [5, 5.41) is 8.68. The summed E-state index contributed by atoms with van der Waals surface area (Å²) < 4.78 is 55.8. The first-order valence-electron chi connectivity index (χ1n) is 5.28. The van der Waals surface area contributed by atoms with Crippen molar-refractivity contribution in [2.24, 2.45) is 0 Å². The molecule has 0 unspecified atom stereocenters. The van der Waals surface area contributed by atoms with Crippen molar-refractivity contribution in [3.8, 4) is 11.5 Å². The fraction of sp³-hybridized carbons (Fsp3) is 0.167. The molecular formula is C12H7F4NO3. The van der Waals surface area contributed by atoms with Gasteiger partial charge in [0.2, 0.25) is 11.7 Å². The molecule has 0 aliphatic carbocycles. The molecular weight excluding hydrogens is 282 g/mol. The molecule has 4 nitrogen and oxygen atoms in total. The maximum atomic E-state index is 13.4. The second kappa shape index (κ2) is 4.62. The van der Waals surface area contributed by atoms with Crippen LogP contribution < -0.4 is 0 Å². The second-order valence-electron chi connectivity index (χ2n) is 3.96. The number of aryl methyl sites for hydroxylation is 1. The molecule has 106 valence electrons. The summed E-state index contributed by atoms with van der Waals surface area (Å²) >= 11 is 0. The van der Waals surface area contributed by atoms with Gasteiger partial charge in [-0.05, 0) is 24.6 Å². The van der Waals surface area contributed by atoms with Gasteiger partial charge in [0.15, 0.2) is 5.69 Å². The standard InChI is InChI=1S/C12H7F4NO3/c1-5-2-3-6(4-7(5)13)10-17-9(12(14,15)16)8(20-10)11(18)19/h2-4H,1H3,(H,18,19). The van der Waals surface area contributed by atoms with Crippen LogP contribution in [0.2, 0.25) is 0 Å². The monoisotopic (exact) mass is 289 g/mol. The van der Waals surface area contributed by atoms with Crippen LogP contribution in [0.15, 0.2) is 22.6 Å². The molecule has 0 aliphatic heterocycles. The topological polar surface area (TPSA) is 63.3 Å². The molecule has 20 heavy (non-hydrogen) atoms. The normalized spacial score (nSPS) is 11.7. The number of carboxylic acid groups (broad SMARTS) is 1. The third-order valence-electron chi connectivity index (χ3n) is 2.51. The highest BCUT2D eigenvalue weighted by molar-refractivity contribution is 5.86. The van der Waals surface area contributed by atoms with Crippen LogP contribution >= 0.6 is 0 Å². The Morgan fingerprint density at radius 1 is 1.35 bits per heavy atom. The third-order valence-corrected chi connectivity index (χ3v) is 2.51. The highest BCUT2D eigenvalue weighted by atomic mass is 19.4. The Morgan fingerprint density at radius 2 is 2.00 bits per heavy atom. The van der Waals surface area contributed by atoms with E-state index in [4.69, 9.17) is 5.11 Å². The average molecular weight is 289 g/mol. The van der Waals surface area contributed by atoms with Gasteiger partial charge < -0.3 is 9.52 Å². The van der Waals surface area contributed by atoms with E-state index in [1.165, 1.54) is 19.1 Å². The number of benzene rings is 1. The number of rotatable bonds is 2. The van der Waals surface area contributed by atoms with Crippen molar-refractivity contribution >= 4 is 5.97 Å². The molecule has 1 N–H and O–H groups in total. The zero-order valence-electron chi connectivity index (χ0n) is 9.95. The molecule has 0 amide bonds. The average Bonchev–Trinajstić information content (AvgIpc) is 2.77. The van der Waals surface area contributed by atoms with Gasteiger partial charge in [-0.3, -0.25) is 0 Å². The number of hydrogen-bond acceptors (Lipinski definition) is 3. The third kappa shape index (κ3) is 2.49. The van der Waals surface area contributed by atoms with Gasteiger partial charge in [0, 0.05) is 5.56 Å². The van der Waals surface area contributed by atoms with Crippen molar-refractivity contribution in [1.82, 2.24) is 4.98 Å². The van der Waals surface area contributed by atoms with E-state index in [1.54, 1.807) is 0 Å². The zero-order valence-corrected chi connectivity index (χ0v) is 9.95. The number of hydrogen-bond donors (Lipinski definition) is 1. The molecule has 0 bridgehead atoms. The molecule has 0 spiro atoms. The summed E-state index contributed by atoms with van der Waals surface area (Å²) in [6.07, 6.45) is -4.97. The van der Waals surface area contributed by atoms with Gasteiger partial charge in [0.05, 0.1) is 0 Å². The van der Waals surface area contributed by atoms with E-state index in [1.807, 2.05) is 0 Å². The minimum Gasteiger partial charge on any atom is -0.475 e. The second-order valence-corrected chi connectivity index (χ2v) is 3.96. The van der Waals surface area contributed by atoms with E-state index >= 15 is 0 Å². The highest BCUT2D eigenvalue weighted by Crippen LogP contribution is 2.34. The largest absolute Gasteiger partial charge is 0.475 e. The smallest absolute Gasteiger partial charge is 0.437 e. The molecule has 2 aromatic rings. The molecule has 0 atom stereocenters. The van der Waals surface area contributed by atoms with E-state index in [2.05, 4.69) is 9.40 Å². The molecule has 0 fully saturated rings. The number of oxazole rings is 1. The Balaban J connectivity index is 2.58. The summed E-state index contributed by atoms with van der Waals surface area (Å²) in [5.41, 5.74) is -1.44. The van der Waals surface area contributed by atoms with Crippen LogP contribution in [0.5, 0.6) is 0 Å². The number of aromatic nitrogens is 1. The minimum atomic E-state index is -4.97. The zero-order chi connectivity index (χ0) is 15.1. The molecule has 0 aliphatic rings. The van der Waals surface area contributed by atoms with Crippen molar-refractivity contribution in [1.29, 1.82) is 0 Å². The molecule has 0 saturated carbocycles. The Bertz CT molecular complexity index is 676. The quantitative estimate of drug-likeness (QED) is 0.859. The Morgan fingerprint density at radius 3 is 2.45 bits per heavy atom. The van der Waals surface area contributed by atoms with Crippen molar-refractivity contribution in [3.05, 3.63) is 41.0 Å². The number of carbonyl (C=O) groups is 1. The van der Waals surface area contributed by atoms with Crippen LogP contribution in [-0.2, 0) is 6.18 Å². The summed E-state index contributed by atoms with van der Waals surface area (Å²) in [7, 11) is 0. The maximum Gasteiger partial charge on any atom is 0.437 e. The van der Waals surface area contributed by atoms with Gasteiger partial charge in [0.25, 0.3) is 0 Å². The van der Waals surface area contributed by atoms with E-state index < -0.39 is 35.3 Å². The summed E-state index contributed by atoms with van der Waals surface area (Å²) in [5.74, 6) is -4.49. The first-order valence-corrected chi connectivity index (χ1v) is 5.28. The van der Waals surface area contributed by atoms with Crippen molar-refractivity contribution in [3.63, 3.8) is 0 Å². The highest BCUT2D eigenvalue weighted by Gasteiger charge is 2.41. The van der Waals surface area contributed by atoms with Crippen LogP contribution in [0.3, 0.4) is 0 Å². The van der Waals surface area contributed by atoms with E-state index in [9.17, 15) is 22.4 Å². The fourth-order valence-electron chi connectivity index (χ4n) is 1.51. The molecule has 8 heteroatoms. The van der Waals surface area contributed by atoms with Crippen LogP contribution in [0.4, 0.5) is 17.6 Å². The molecule has 1 aromatic heterocycles. The van der Waals surface area contributed by atoms with Crippen molar-refractivity contribution in [2.45, 2.75) is 13.1 Å². The lowest BCUT2D eigenvalue weighted by atomic mass is 10.1. The molecule has 1 aromatic carbocycles. The van der Waals surface area contributed by atoms with Gasteiger partial charge in [0.1, 0.15) is 5.82 Å². The van der Waals surface area contributed by atoms with Crippen LogP contribution in [0.1, 0.15) is 21.8 Å². The lowest BCUT2D eigenvalue weighted by molar-refractivity contribution is -0.141. The molecule has 2 rings (SSSR count). The van der Waals surface area contributed by atoms with Gasteiger partial charge in [-0.25, -0.2) is 14.2 Å². The first kappa shape index (κ1) is 14.0. The summed E-state index contributed by atoms with van der Waals surface area (Å²) in [6.45, 7) is 1.47. The lowest BCUT2D eigenvalue weighted by Crippen LogP contribution is -2.11. The minimum absolute atomic E-state index is 0.0777. The van der Waals surface area contributed by atoms with Gasteiger partial charge in [-0.15, -0.1) is 0 Å². The number of alkyl halides is 3.